The van der Waals surface area contributed by atoms with Gasteiger partial charge in [0.1, 0.15) is 11.3 Å². The molecular weight excluding hydrogens is 424 g/mol. The van der Waals surface area contributed by atoms with Crippen LogP contribution in [0.4, 0.5) is 10.5 Å². The normalized spacial score (nSPS) is 34.5. The molecule has 3 fully saturated rings. The molecule has 3 amide bonds. The van der Waals surface area contributed by atoms with E-state index in [4.69, 9.17) is 14.2 Å². The molecule has 1 aliphatic carbocycles. The number of hydrogen-bond donors (Lipinski definition) is 0. The fourth-order valence-electron chi connectivity index (χ4n) is 5.93. The molecule has 0 aromatic heterocycles. The standard InChI is InChI=1S/C25H28N2O6/c1-5-32-22(28)20-18-13-33-19-12-16(31-4)10-11-17(19)21(18)27-24(30)26(23(29)25(20,27)3)15-8-6-14(2)7-9-15/h6-12,17-21H,5,13H2,1-4H3/t17?,18-,19?,20+,21-,25-/m1/s1. The number of fused-ring (bicyclic) bond motifs is 5. The van der Waals surface area contributed by atoms with Gasteiger partial charge in [-0.25, -0.2) is 9.69 Å². The van der Waals surface area contributed by atoms with Crippen molar-refractivity contribution in [3.63, 3.8) is 0 Å². The molecule has 3 aliphatic heterocycles. The van der Waals surface area contributed by atoms with Crippen molar-refractivity contribution in [2.75, 3.05) is 25.2 Å². The lowest BCUT2D eigenvalue weighted by Crippen LogP contribution is -2.53. The number of aryl methyl sites for hydroxylation is 1. The Morgan fingerprint density at radius 1 is 1.24 bits per heavy atom. The van der Waals surface area contributed by atoms with Crippen molar-refractivity contribution in [1.29, 1.82) is 0 Å². The van der Waals surface area contributed by atoms with Gasteiger partial charge in [-0.2, -0.15) is 0 Å². The Balaban J connectivity index is 1.61. The molecule has 174 valence electrons. The lowest BCUT2D eigenvalue weighted by Gasteiger charge is -2.42. The van der Waals surface area contributed by atoms with Crippen molar-refractivity contribution < 1.29 is 28.6 Å². The van der Waals surface area contributed by atoms with E-state index in [-0.39, 0.29) is 37.2 Å². The van der Waals surface area contributed by atoms with Crippen molar-refractivity contribution in [1.82, 2.24) is 4.90 Å². The summed E-state index contributed by atoms with van der Waals surface area (Å²) >= 11 is 0. The summed E-state index contributed by atoms with van der Waals surface area (Å²) in [5.74, 6) is -1.59. The van der Waals surface area contributed by atoms with Crippen molar-refractivity contribution in [3.05, 3.63) is 53.8 Å². The number of esters is 1. The third-order valence-corrected chi connectivity index (χ3v) is 7.44. The monoisotopic (exact) mass is 452 g/mol. The van der Waals surface area contributed by atoms with Gasteiger partial charge in [0, 0.05) is 17.9 Å². The van der Waals surface area contributed by atoms with Crippen LogP contribution in [0.3, 0.4) is 0 Å². The van der Waals surface area contributed by atoms with E-state index >= 15 is 0 Å². The minimum Gasteiger partial charge on any atom is -0.497 e. The number of anilines is 1. The molecule has 3 saturated heterocycles. The van der Waals surface area contributed by atoms with Crippen molar-refractivity contribution in [2.24, 2.45) is 17.8 Å². The van der Waals surface area contributed by atoms with Crippen molar-refractivity contribution in [3.8, 4) is 0 Å². The van der Waals surface area contributed by atoms with Crippen LogP contribution in [-0.2, 0) is 23.8 Å². The van der Waals surface area contributed by atoms with Gasteiger partial charge in [0.05, 0.1) is 38.0 Å². The van der Waals surface area contributed by atoms with Gasteiger partial charge in [-0.1, -0.05) is 23.8 Å². The van der Waals surface area contributed by atoms with Crippen LogP contribution in [0.5, 0.6) is 0 Å². The molecular formula is C25H28N2O6. The van der Waals surface area contributed by atoms with Gasteiger partial charge in [0.15, 0.2) is 0 Å². The van der Waals surface area contributed by atoms with Crippen LogP contribution in [0, 0.1) is 24.7 Å². The van der Waals surface area contributed by atoms with Gasteiger partial charge in [0.25, 0.3) is 5.91 Å². The van der Waals surface area contributed by atoms with Crippen LogP contribution < -0.4 is 4.90 Å². The smallest absolute Gasteiger partial charge is 0.332 e. The lowest BCUT2D eigenvalue weighted by atomic mass is 9.74. The average molecular weight is 453 g/mol. The van der Waals surface area contributed by atoms with Crippen LogP contribution in [0.1, 0.15) is 19.4 Å². The summed E-state index contributed by atoms with van der Waals surface area (Å²) in [6.07, 6.45) is 5.38. The molecule has 1 aromatic carbocycles. The maximum absolute atomic E-state index is 13.9. The number of imide groups is 1. The zero-order chi connectivity index (χ0) is 23.5. The third-order valence-electron chi connectivity index (χ3n) is 7.44. The van der Waals surface area contributed by atoms with E-state index in [1.165, 1.54) is 4.90 Å². The number of amides is 3. The first-order chi connectivity index (χ1) is 15.8. The van der Waals surface area contributed by atoms with Gasteiger partial charge in [-0.3, -0.25) is 9.59 Å². The van der Waals surface area contributed by atoms with Crippen LogP contribution in [-0.4, -0.2) is 60.8 Å². The average Bonchev–Trinajstić information content (AvgIpc) is 3.19. The van der Waals surface area contributed by atoms with Crippen LogP contribution in [0.25, 0.3) is 0 Å². The molecule has 0 saturated carbocycles. The number of carbonyl (C=O) groups excluding carboxylic acids is 3. The Bertz CT molecular complexity index is 1060. The summed E-state index contributed by atoms with van der Waals surface area (Å²) in [5.41, 5.74) is 0.157. The molecule has 0 radical (unpaired) electrons. The maximum Gasteiger partial charge on any atom is 0.332 e. The maximum atomic E-state index is 13.9. The highest BCUT2D eigenvalue weighted by Crippen LogP contribution is 2.54. The predicted molar refractivity (Wildman–Crippen MR) is 119 cm³/mol. The summed E-state index contributed by atoms with van der Waals surface area (Å²) in [6.45, 7) is 5.81. The molecule has 2 unspecified atom stereocenters. The number of carbonyl (C=O) groups is 3. The van der Waals surface area contributed by atoms with Crippen LogP contribution in [0.2, 0.25) is 0 Å². The van der Waals surface area contributed by atoms with Crippen molar-refractivity contribution in [2.45, 2.75) is 38.5 Å². The third kappa shape index (κ3) is 2.96. The number of nitrogens with zero attached hydrogens (tertiary/aromatic N) is 2. The summed E-state index contributed by atoms with van der Waals surface area (Å²) in [4.78, 5) is 43.8. The summed E-state index contributed by atoms with van der Waals surface area (Å²) < 4.78 is 16.9. The van der Waals surface area contributed by atoms with Gasteiger partial charge in [0.2, 0.25) is 0 Å². The molecule has 5 rings (SSSR count). The number of rotatable bonds is 4. The Morgan fingerprint density at radius 2 is 1.97 bits per heavy atom. The molecule has 4 aliphatic rings. The minimum absolute atomic E-state index is 0.194. The molecule has 0 bridgehead atoms. The molecule has 0 spiro atoms. The van der Waals surface area contributed by atoms with Crippen molar-refractivity contribution >= 4 is 23.6 Å². The minimum atomic E-state index is -1.36. The second-order valence-corrected chi connectivity index (χ2v) is 9.17. The Hall–Kier alpha value is -3.13. The van der Waals surface area contributed by atoms with E-state index in [0.29, 0.717) is 11.4 Å². The highest BCUT2D eigenvalue weighted by atomic mass is 16.5. The summed E-state index contributed by atoms with van der Waals surface area (Å²) in [6, 6.07) is 6.44. The molecule has 0 N–H and O–H groups in total. The first kappa shape index (κ1) is 21.7. The lowest BCUT2D eigenvalue weighted by molar-refractivity contribution is -0.156. The fraction of sp³-hybridized carbons (Fsp3) is 0.480. The van der Waals surface area contributed by atoms with Gasteiger partial charge < -0.3 is 19.1 Å². The molecule has 33 heavy (non-hydrogen) atoms. The van der Waals surface area contributed by atoms with E-state index in [1.54, 1.807) is 38.0 Å². The first-order valence-corrected chi connectivity index (χ1v) is 11.3. The highest BCUT2D eigenvalue weighted by Gasteiger charge is 2.73. The van der Waals surface area contributed by atoms with E-state index in [2.05, 4.69) is 0 Å². The second kappa shape index (κ2) is 7.73. The number of benzene rings is 1. The Morgan fingerprint density at radius 3 is 2.64 bits per heavy atom. The first-order valence-electron chi connectivity index (χ1n) is 11.3. The van der Waals surface area contributed by atoms with Gasteiger partial charge >= 0.3 is 12.0 Å². The highest BCUT2D eigenvalue weighted by molar-refractivity contribution is 6.24. The summed E-state index contributed by atoms with van der Waals surface area (Å²) in [7, 11) is 1.59. The quantitative estimate of drug-likeness (QED) is 0.516. The van der Waals surface area contributed by atoms with E-state index in [0.717, 1.165) is 5.56 Å². The van der Waals surface area contributed by atoms with E-state index in [1.807, 2.05) is 37.3 Å². The number of ether oxygens (including phenoxy) is 3. The molecule has 6 atom stereocenters. The molecule has 8 nitrogen and oxygen atoms in total. The zero-order valence-electron chi connectivity index (χ0n) is 19.2. The van der Waals surface area contributed by atoms with E-state index in [9.17, 15) is 14.4 Å². The Kier molecular flexibility index (Phi) is 5.08. The Labute approximate surface area is 192 Å². The second-order valence-electron chi connectivity index (χ2n) is 9.17. The fourth-order valence-corrected chi connectivity index (χ4v) is 5.93. The number of urea groups is 1. The topological polar surface area (TPSA) is 85.4 Å². The van der Waals surface area contributed by atoms with Crippen LogP contribution in [0.15, 0.2) is 48.3 Å². The van der Waals surface area contributed by atoms with Gasteiger partial charge in [-0.05, 0) is 45.1 Å². The predicted octanol–water partition coefficient (Wildman–Crippen LogP) is 2.82. The largest absolute Gasteiger partial charge is 0.497 e. The zero-order valence-corrected chi connectivity index (χ0v) is 19.2. The van der Waals surface area contributed by atoms with Crippen LogP contribution >= 0.6 is 0 Å². The summed E-state index contributed by atoms with van der Waals surface area (Å²) in [5, 5.41) is 0. The van der Waals surface area contributed by atoms with E-state index < -0.39 is 29.4 Å². The number of hydrogen-bond acceptors (Lipinski definition) is 6. The number of methoxy groups -OCH3 is 1. The SMILES string of the molecule is CCOC(=O)[C@@H]1[C@H]2COC3C=C(OC)C=CC3[C@H]2N2C(=O)N(c3ccc(C)cc3)C(=O)[C@@]12C. The van der Waals surface area contributed by atoms with Gasteiger partial charge in [-0.15, -0.1) is 0 Å². The molecule has 3 heterocycles. The molecule has 8 heteroatoms. The number of allylic oxidation sites excluding steroid dienone is 1. The molecule has 1 aromatic rings.